The molecule has 2 aliphatic heterocycles. The molecule has 90 valence electrons. The van der Waals surface area contributed by atoms with E-state index in [1.807, 2.05) is 6.07 Å². The van der Waals surface area contributed by atoms with Crippen LogP contribution in [0, 0.1) is 0 Å². The Kier molecular flexibility index (Phi) is 2.58. The Morgan fingerprint density at radius 3 is 2.59 bits per heavy atom. The van der Waals surface area contributed by atoms with Crippen LogP contribution in [0.1, 0.15) is 10.4 Å². The number of ether oxygens (including phenoxy) is 3. The van der Waals surface area contributed by atoms with E-state index in [0.29, 0.717) is 5.56 Å². The monoisotopic (exact) mass is 236 g/mol. The summed E-state index contributed by atoms with van der Waals surface area (Å²) in [4.78, 5) is 11.6. The predicted molar refractivity (Wildman–Crippen MR) is 56.3 cm³/mol. The van der Waals surface area contributed by atoms with Gasteiger partial charge in [0.1, 0.15) is 24.9 Å². The van der Waals surface area contributed by atoms with Gasteiger partial charge in [-0.15, -0.1) is 0 Å². The molecule has 0 aromatic heterocycles. The van der Waals surface area contributed by atoms with E-state index in [4.69, 9.17) is 14.2 Å². The number of fused-ring (bicyclic) bond motifs is 1. The van der Waals surface area contributed by atoms with Gasteiger partial charge in [0.2, 0.25) is 0 Å². The van der Waals surface area contributed by atoms with Gasteiger partial charge in [0.15, 0.2) is 6.29 Å². The molecule has 2 fully saturated rings. The molecule has 3 rings (SSSR count). The zero-order chi connectivity index (χ0) is 11.8. The maximum atomic E-state index is 11.6. The second-order valence-corrected chi connectivity index (χ2v) is 4.09. The molecule has 0 bridgehead atoms. The fourth-order valence-electron chi connectivity index (χ4n) is 1.95. The Hall–Kier alpha value is -1.43. The SMILES string of the molecule is O=C(OC[C@H]1O[C@H](O)[C@H]2O[C@@H]21)c1ccccc1. The van der Waals surface area contributed by atoms with Gasteiger partial charge < -0.3 is 19.3 Å². The zero-order valence-electron chi connectivity index (χ0n) is 8.98. The van der Waals surface area contributed by atoms with Crippen LogP contribution in [-0.4, -0.2) is 42.3 Å². The molecule has 0 aliphatic carbocycles. The summed E-state index contributed by atoms with van der Waals surface area (Å²) in [6.45, 7) is 0.103. The molecule has 2 saturated heterocycles. The Labute approximate surface area is 97.9 Å². The van der Waals surface area contributed by atoms with Gasteiger partial charge in [-0.1, -0.05) is 18.2 Å². The van der Waals surface area contributed by atoms with Gasteiger partial charge in [0, 0.05) is 0 Å². The number of carbonyl (C=O) groups excluding carboxylic acids is 1. The molecule has 1 aromatic rings. The summed E-state index contributed by atoms with van der Waals surface area (Å²) in [5.41, 5.74) is 0.499. The van der Waals surface area contributed by atoms with Crippen LogP contribution in [0.3, 0.4) is 0 Å². The summed E-state index contributed by atoms with van der Waals surface area (Å²) in [5.74, 6) is -0.396. The first kappa shape index (κ1) is 10.7. The minimum atomic E-state index is -0.888. The molecule has 5 nitrogen and oxygen atoms in total. The molecule has 0 saturated carbocycles. The number of aliphatic hydroxyl groups is 1. The highest BCUT2D eigenvalue weighted by atomic mass is 16.7. The molecular formula is C12H12O5. The van der Waals surface area contributed by atoms with E-state index >= 15 is 0 Å². The Bertz CT molecular complexity index is 418. The number of epoxide rings is 1. The quantitative estimate of drug-likeness (QED) is 0.605. The first-order valence-electron chi connectivity index (χ1n) is 5.47. The van der Waals surface area contributed by atoms with Crippen LogP contribution in [0.2, 0.25) is 0 Å². The predicted octanol–water partition coefficient (Wildman–Crippen LogP) is 0.328. The van der Waals surface area contributed by atoms with Crippen molar-refractivity contribution in [1.82, 2.24) is 0 Å². The topological polar surface area (TPSA) is 68.3 Å². The lowest BCUT2D eigenvalue weighted by Crippen LogP contribution is -2.26. The van der Waals surface area contributed by atoms with Crippen LogP contribution in [0.5, 0.6) is 0 Å². The molecule has 1 N–H and O–H groups in total. The molecule has 17 heavy (non-hydrogen) atoms. The zero-order valence-corrected chi connectivity index (χ0v) is 8.98. The van der Waals surface area contributed by atoms with E-state index in [-0.39, 0.29) is 24.9 Å². The number of benzene rings is 1. The van der Waals surface area contributed by atoms with Crippen molar-refractivity contribution in [3.8, 4) is 0 Å². The summed E-state index contributed by atoms with van der Waals surface area (Å²) < 4.78 is 15.4. The van der Waals surface area contributed by atoms with Crippen molar-refractivity contribution >= 4 is 5.97 Å². The van der Waals surface area contributed by atoms with Crippen molar-refractivity contribution in [3.05, 3.63) is 35.9 Å². The van der Waals surface area contributed by atoms with E-state index in [2.05, 4.69) is 0 Å². The summed E-state index contributed by atoms with van der Waals surface area (Å²) in [7, 11) is 0. The van der Waals surface area contributed by atoms with Crippen LogP contribution in [0.15, 0.2) is 30.3 Å². The molecule has 0 radical (unpaired) electrons. The van der Waals surface area contributed by atoms with E-state index in [1.54, 1.807) is 24.3 Å². The molecular weight excluding hydrogens is 224 g/mol. The molecule has 0 spiro atoms. The highest BCUT2D eigenvalue weighted by molar-refractivity contribution is 5.89. The van der Waals surface area contributed by atoms with Gasteiger partial charge in [-0.25, -0.2) is 4.79 Å². The van der Waals surface area contributed by atoms with E-state index in [0.717, 1.165) is 0 Å². The maximum Gasteiger partial charge on any atom is 0.338 e. The second-order valence-electron chi connectivity index (χ2n) is 4.09. The van der Waals surface area contributed by atoms with Crippen molar-refractivity contribution in [2.24, 2.45) is 0 Å². The minimum Gasteiger partial charge on any atom is -0.459 e. The summed E-state index contributed by atoms with van der Waals surface area (Å²) in [6, 6.07) is 8.74. The number of esters is 1. The van der Waals surface area contributed by atoms with Crippen molar-refractivity contribution < 1.29 is 24.1 Å². The van der Waals surface area contributed by atoms with Crippen LogP contribution < -0.4 is 0 Å². The summed E-state index contributed by atoms with van der Waals surface area (Å²) in [5, 5.41) is 9.30. The minimum absolute atomic E-state index is 0.103. The third-order valence-corrected chi connectivity index (χ3v) is 2.91. The number of hydrogen-bond acceptors (Lipinski definition) is 5. The first-order chi connectivity index (χ1) is 8.25. The molecule has 4 atom stereocenters. The highest BCUT2D eigenvalue weighted by Crippen LogP contribution is 2.38. The third-order valence-electron chi connectivity index (χ3n) is 2.91. The maximum absolute atomic E-state index is 11.6. The Morgan fingerprint density at radius 2 is 2.00 bits per heavy atom. The van der Waals surface area contributed by atoms with Gasteiger partial charge in [0.05, 0.1) is 5.56 Å². The third kappa shape index (κ3) is 2.04. The lowest BCUT2D eigenvalue weighted by Gasteiger charge is -2.13. The van der Waals surface area contributed by atoms with E-state index in [9.17, 15) is 9.90 Å². The number of rotatable bonds is 3. The van der Waals surface area contributed by atoms with Gasteiger partial charge in [0.25, 0.3) is 0 Å². The van der Waals surface area contributed by atoms with Crippen LogP contribution >= 0.6 is 0 Å². The molecule has 0 amide bonds. The van der Waals surface area contributed by atoms with Crippen molar-refractivity contribution in [1.29, 1.82) is 0 Å². The standard InChI is InChI=1S/C12H12O5/c13-11(7-4-2-1-3-5-7)15-6-8-9-10(17-9)12(14)16-8/h1-5,8-10,12,14H,6H2/t8-,9-,10+,12+/m1/s1. The summed E-state index contributed by atoms with van der Waals surface area (Å²) >= 11 is 0. The Balaban J connectivity index is 1.53. The molecule has 0 unspecified atom stereocenters. The van der Waals surface area contributed by atoms with E-state index < -0.39 is 12.3 Å². The van der Waals surface area contributed by atoms with Gasteiger partial charge in [-0.05, 0) is 12.1 Å². The normalized spacial score (nSPS) is 34.2. The van der Waals surface area contributed by atoms with Gasteiger partial charge in [-0.2, -0.15) is 0 Å². The molecule has 2 aliphatic rings. The lowest BCUT2D eigenvalue weighted by atomic mass is 10.2. The van der Waals surface area contributed by atoms with Crippen molar-refractivity contribution in [2.45, 2.75) is 24.6 Å². The van der Waals surface area contributed by atoms with Crippen LogP contribution in [0.4, 0.5) is 0 Å². The molecule has 5 heteroatoms. The molecule has 2 heterocycles. The van der Waals surface area contributed by atoms with Crippen molar-refractivity contribution in [2.75, 3.05) is 6.61 Å². The number of aliphatic hydroxyl groups excluding tert-OH is 1. The second kappa shape index (κ2) is 4.10. The average molecular weight is 236 g/mol. The fourth-order valence-corrected chi connectivity index (χ4v) is 1.95. The van der Waals surface area contributed by atoms with Crippen molar-refractivity contribution in [3.63, 3.8) is 0 Å². The van der Waals surface area contributed by atoms with Crippen LogP contribution in [-0.2, 0) is 14.2 Å². The largest absolute Gasteiger partial charge is 0.459 e. The van der Waals surface area contributed by atoms with Gasteiger partial charge in [-0.3, -0.25) is 0 Å². The van der Waals surface area contributed by atoms with Gasteiger partial charge >= 0.3 is 5.97 Å². The lowest BCUT2D eigenvalue weighted by molar-refractivity contribution is -0.150. The number of carbonyl (C=O) groups is 1. The first-order valence-corrected chi connectivity index (χ1v) is 5.47. The smallest absolute Gasteiger partial charge is 0.338 e. The van der Waals surface area contributed by atoms with E-state index in [1.165, 1.54) is 0 Å². The highest BCUT2D eigenvalue weighted by Gasteiger charge is 2.58. The average Bonchev–Trinajstić information content (AvgIpc) is 3.09. The fraction of sp³-hybridized carbons (Fsp3) is 0.417. The molecule has 1 aromatic carbocycles. The summed E-state index contributed by atoms with van der Waals surface area (Å²) in [6.07, 6.45) is -1.62. The Morgan fingerprint density at radius 1 is 1.24 bits per heavy atom. The van der Waals surface area contributed by atoms with Crippen LogP contribution in [0.25, 0.3) is 0 Å². The number of hydrogen-bond donors (Lipinski definition) is 1.